The Morgan fingerprint density at radius 3 is 2.68 bits per heavy atom. The van der Waals surface area contributed by atoms with Crippen molar-refractivity contribution in [2.75, 3.05) is 32.7 Å². The third-order valence-corrected chi connectivity index (χ3v) is 4.59. The summed E-state index contributed by atoms with van der Waals surface area (Å²) in [5, 5.41) is 0. The lowest BCUT2D eigenvalue weighted by Gasteiger charge is -2.34. The fraction of sp³-hybridized carbons (Fsp3) is 0.933. The molecule has 0 spiro atoms. The second kappa shape index (κ2) is 5.41. The van der Waals surface area contributed by atoms with Crippen molar-refractivity contribution in [3.05, 3.63) is 0 Å². The molecule has 0 aromatic rings. The fourth-order valence-electron chi connectivity index (χ4n) is 3.83. The summed E-state index contributed by atoms with van der Waals surface area (Å²) in [5.74, 6) is 1.17. The van der Waals surface area contributed by atoms with Crippen molar-refractivity contribution in [3.8, 4) is 0 Å². The maximum absolute atomic E-state index is 12.5. The van der Waals surface area contributed by atoms with Gasteiger partial charge in [-0.05, 0) is 25.2 Å². The molecule has 3 atom stereocenters. The number of likely N-dealkylation sites (tertiary alicyclic amines) is 2. The van der Waals surface area contributed by atoms with Gasteiger partial charge in [0, 0.05) is 32.7 Å². The van der Waals surface area contributed by atoms with Crippen LogP contribution in [0.5, 0.6) is 0 Å². The molecule has 4 nitrogen and oxygen atoms in total. The van der Waals surface area contributed by atoms with Crippen LogP contribution in [0.1, 0.15) is 33.1 Å². The van der Waals surface area contributed by atoms with Gasteiger partial charge in [0.15, 0.2) is 0 Å². The SMILES string of the molecule is CC(C)CN1C[C@@H]2C[C@@H](C(=O)N3CCCC3)[C@H](C1)O2. The molecule has 0 aromatic carbocycles. The van der Waals surface area contributed by atoms with Crippen molar-refractivity contribution in [1.82, 2.24) is 9.80 Å². The minimum absolute atomic E-state index is 0.125. The van der Waals surface area contributed by atoms with Crippen LogP contribution in [-0.4, -0.2) is 60.6 Å². The molecule has 3 saturated heterocycles. The second-order valence-corrected chi connectivity index (χ2v) is 6.78. The number of hydrogen-bond donors (Lipinski definition) is 0. The highest BCUT2D eigenvalue weighted by Gasteiger charge is 2.45. The van der Waals surface area contributed by atoms with Gasteiger partial charge in [0.1, 0.15) is 0 Å². The number of ether oxygens (including phenoxy) is 1. The highest BCUT2D eigenvalue weighted by atomic mass is 16.5. The minimum atomic E-state index is 0.125. The van der Waals surface area contributed by atoms with E-state index in [1.165, 1.54) is 12.8 Å². The molecule has 0 N–H and O–H groups in total. The number of fused-ring (bicyclic) bond motifs is 2. The smallest absolute Gasteiger partial charge is 0.228 e. The minimum Gasteiger partial charge on any atom is -0.371 e. The van der Waals surface area contributed by atoms with Gasteiger partial charge in [-0.25, -0.2) is 0 Å². The van der Waals surface area contributed by atoms with Gasteiger partial charge in [-0.3, -0.25) is 9.69 Å². The van der Waals surface area contributed by atoms with E-state index in [9.17, 15) is 4.79 Å². The van der Waals surface area contributed by atoms with Crippen LogP contribution >= 0.6 is 0 Å². The Labute approximate surface area is 116 Å². The summed E-state index contributed by atoms with van der Waals surface area (Å²) in [4.78, 5) is 17.1. The number of amides is 1. The number of nitrogens with zero attached hydrogens (tertiary/aromatic N) is 2. The van der Waals surface area contributed by atoms with Crippen molar-refractivity contribution in [2.24, 2.45) is 11.8 Å². The highest BCUT2D eigenvalue weighted by molar-refractivity contribution is 5.80. The molecule has 3 aliphatic rings. The van der Waals surface area contributed by atoms with Gasteiger partial charge in [-0.15, -0.1) is 0 Å². The molecule has 1 amide bonds. The van der Waals surface area contributed by atoms with E-state index >= 15 is 0 Å². The molecular formula is C15H26N2O2. The van der Waals surface area contributed by atoms with Gasteiger partial charge in [-0.2, -0.15) is 0 Å². The maximum atomic E-state index is 12.5. The van der Waals surface area contributed by atoms with Crippen molar-refractivity contribution in [1.29, 1.82) is 0 Å². The summed E-state index contributed by atoms with van der Waals surface area (Å²) in [6.07, 6.45) is 3.72. The summed E-state index contributed by atoms with van der Waals surface area (Å²) in [6.45, 7) is 9.51. The Hall–Kier alpha value is -0.610. The normalized spacial score (nSPS) is 35.3. The van der Waals surface area contributed by atoms with E-state index in [-0.39, 0.29) is 18.1 Å². The second-order valence-electron chi connectivity index (χ2n) is 6.78. The molecule has 19 heavy (non-hydrogen) atoms. The average molecular weight is 266 g/mol. The summed E-state index contributed by atoms with van der Waals surface area (Å²) < 4.78 is 6.01. The first-order chi connectivity index (χ1) is 9.13. The molecule has 0 saturated carbocycles. The molecule has 2 bridgehead atoms. The summed E-state index contributed by atoms with van der Waals surface area (Å²) >= 11 is 0. The zero-order chi connectivity index (χ0) is 13.4. The molecule has 3 fully saturated rings. The van der Waals surface area contributed by atoms with Crippen molar-refractivity contribution >= 4 is 5.91 Å². The largest absolute Gasteiger partial charge is 0.371 e. The Morgan fingerprint density at radius 1 is 1.26 bits per heavy atom. The van der Waals surface area contributed by atoms with Gasteiger partial charge >= 0.3 is 0 Å². The van der Waals surface area contributed by atoms with Crippen LogP contribution in [0.25, 0.3) is 0 Å². The van der Waals surface area contributed by atoms with Crippen LogP contribution in [0.4, 0.5) is 0 Å². The van der Waals surface area contributed by atoms with E-state index < -0.39 is 0 Å². The first-order valence-electron chi connectivity index (χ1n) is 7.80. The van der Waals surface area contributed by atoms with Crippen LogP contribution in [0.15, 0.2) is 0 Å². The Balaban J connectivity index is 1.61. The molecular weight excluding hydrogens is 240 g/mol. The lowest BCUT2D eigenvalue weighted by molar-refractivity contribution is -0.137. The van der Waals surface area contributed by atoms with Crippen LogP contribution in [0.3, 0.4) is 0 Å². The molecule has 3 heterocycles. The van der Waals surface area contributed by atoms with Gasteiger partial charge < -0.3 is 9.64 Å². The third kappa shape index (κ3) is 2.79. The Bertz CT molecular complexity index is 339. The molecule has 3 rings (SSSR count). The number of hydrogen-bond acceptors (Lipinski definition) is 3. The van der Waals surface area contributed by atoms with Crippen LogP contribution in [0.2, 0.25) is 0 Å². The molecule has 3 aliphatic heterocycles. The fourth-order valence-corrected chi connectivity index (χ4v) is 3.83. The predicted molar refractivity (Wildman–Crippen MR) is 73.9 cm³/mol. The van der Waals surface area contributed by atoms with E-state index in [2.05, 4.69) is 23.6 Å². The predicted octanol–water partition coefficient (Wildman–Crippen LogP) is 1.35. The lowest BCUT2D eigenvalue weighted by Crippen LogP contribution is -2.46. The third-order valence-electron chi connectivity index (χ3n) is 4.59. The first kappa shape index (κ1) is 13.4. The maximum Gasteiger partial charge on any atom is 0.228 e. The molecule has 0 aliphatic carbocycles. The summed E-state index contributed by atoms with van der Waals surface area (Å²) in [7, 11) is 0. The number of rotatable bonds is 3. The van der Waals surface area contributed by atoms with E-state index in [0.29, 0.717) is 11.8 Å². The van der Waals surface area contributed by atoms with E-state index in [0.717, 1.165) is 39.1 Å². The standard InChI is InChI=1S/C15H26N2O2/c1-11(2)8-16-9-12-7-13(14(10-16)19-12)15(18)17-5-3-4-6-17/h11-14H,3-10H2,1-2H3/t12-,13+,14-/m0/s1. The van der Waals surface area contributed by atoms with E-state index in [4.69, 9.17) is 4.74 Å². The Morgan fingerprint density at radius 2 is 2.00 bits per heavy atom. The molecule has 0 radical (unpaired) electrons. The number of carbonyl (C=O) groups excluding carboxylic acids is 1. The van der Waals surface area contributed by atoms with Crippen LogP contribution in [0, 0.1) is 11.8 Å². The van der Waals surface area contributed by atoms with Gasteiger partial charge in [-0.1, -0.05) is 13.8 Å². The molecule has 108 valence electrons. The zero-order valence-electron chi connectivity index (χ0n) is 12.2. The molecule has 0 aromatic heterocycles. The van der Waals surface area contributed by atoms with Crippen molar-refractivity contribution in [2.45, 2.75) is 45.3 Å². The van der Waals surface area contributed by atoms with Crippen LogP contribution < -0.4 is 0 Å². The monoisotopic (exact) mass is 266 g/mol. The van der Waals surface area contributed by atoms with Crippen LogP contribution in [-0.2, 0) is 9.53 Å². The first-order valence-corrected chi connectivity index (χ1v) is 7.80. The zero-order valence-corrected chi connectivity index (χ0v) is 12.2. The number of carbonyl (C=O) groups is 1. The molecule has 0 unspecified atom stereocenters. The van der Waals surface area contributed by atoms with Gasteiger partial charge in [0.2, 0.25) is 5.91 Å². The summed E-state index contributed by atoms with van der Waals surface area (Å²) in [6, 6.07) is 0. The van der Waals surface area contributed by atoms with E-state index in [1.807, 2.05) is 0 Å². The lowest BCUT2D eigenvalue weighted by atomic mass is 9.99. The quantitative estimate of drug-likeness (QED) is 0.773. The Kier molecular flexibility index (Phi) is 3.81. The van der Waals surface area contributed by atoms with Gasteiger partial charge in [0.05, 0.1) is 18.1 Å². The number of morpholine rings is 1. The van der Waals surface area contributed by atoms with Gasteiger partial charge in [0.25, 0.3) is 0 Å². The highest BCUT2D eigenvalue weighted by Crippen LogP contribution is 2.34. The van der Waals surface area contributed by atoms with E-state index in [1.54, 1.807) is 0 Å². The van der Waals surface area contributed by atoms with Crippen molar-refractivity contribution < 1.29 is 9.53 Å². The van der Waals surface area contributed by atoms with Crippen molar-refractivity contribution in [3.63, 3.8) is 0 Å². The topological polar surface area (TPSA) is 32.8 Å². The molecule has 4 heteroatoms. The average Bonchev–Trinajstić information content (AvgIpc) is 2.95. The summed E-state index contributed by atoms with van der Waals surface area (Å²) in [5.41, 5.74) is 0.